The first-order valence-corrected chi connectivity index (χ1v) is 10.1. The lowest BCUT2D eigenvalue weighted by atomic mass is 10.2. The van der Waals surface area contributed by atoms with Crippen LogP contribution in [0.1, 0.15) is 6.42 Å². The number of ether oxygens (including phenoxy) is 1. The summed E-state index contributed by atoms with van der Waals surface area (Å²) in [5.74, 6) is -0.890. The molecule has 1 fully saturated rings. The molecule has 0 saturated carbocycles. The molecule has 3 rings (SSSR count). The van der Waals surface area contributed by atoms with E-state index in [9.17, 15) is 18.0 Å². The fourth-order valence-electron chi connectivity index (χ4n) is 3.13. The molecule has 2 aliphatic heterocycles. The fourth-order valence-corrected chi connectivity index (χ4v) is 4.70. The van der Waals surface area contributed by atoms with E-state index < -0.39 is 21.9 Å². The third-order valence-corrected chi connectivity index (χ3v) is 6.35. The Labute approximate surface area is 157 Å². The van der Waals surface area contributed by atoms with E-state index in [1.54, 1.807) is 24.3 Å². The second kappa shape index (κ2) is 7.57. The van der Waals surface area contributed by atoms with Crippen molar-refractivity contribution < 1.29 is 27.9 Å². The van der Waals surface area contributed by atoms with E-state index in [0.717, 1.165) is 0 Å². The van der Waals surface area contributed by atoms with Gasteiger partial charge in [0.25, 0.3) is 5.91 Å². The summed E-state index contributed by atoms with van der Waals surface area (Å²) in [6.07, 6.45) is 0.590. The van der Waals surface area contributed by atoms with Gasteiger partial charge in [-0.3, -0.25) is 9.10 Å². The lowest BCUT2D eigenvalue weighted by Crippen LogP contribution is -2.31. The number of methoxy groups -OCH3 is 1. The second-order valence-electron chi connectivity index (χ2n) is 6.21. The summed E-state index contributed by atoms with van der Waals surface area (Å²) < 4.78 is 30.1. The minimum Gasteiger partial charge on any atom is -0.466 e. The standard InChI is InChI=1S/C17H21N3O6S/c1-26-17(23)14-11-19(8-9-21)16(22)15(14)18-12-3-5-13(6-4-12)20-7-2-10-27(20,24)25/h3-6,18,21H,2,7-11H2,1H3. The highest BCUT2D eigenvalue weighted by Gasteiger charge is 2.34. The summed E-state index contributed by atoms with van der Waals surface area (Å²) in [5, 5.41) is 12.0. The van der Waals surface area contributed by atoms with Crippen molar-refractivity contribution in [3.8, 4) is 0 Å². The molecule has 0 bridgehead atoms. The van der Waals surface area contributed by atoms with E-state index in [0.29, 0.717) is 24.3 Å². The first-order valence-electron chi connectivity index (χ1n) is 8.46. The highest BCUT2D eigenvalue weighted by Crippen LogP contribution is 2.27. The predicted octanol–water partition coefficient (Wildman–Crippen LogP) is -0.100. The van der Waals surface area contributed by atoms with Gasteiger partial charge in [0.15, 0.2) is 0 Å². The van der Waals surface area contributed by atoms with E-state index in [-0.39, 0.29) is 36.7 Å². The van der Waals surface area contributed by atoms with Gasteiger partial charge in [-0.2, -0.15) is 0 Å². The van der Waals surface area contributed by atoms with E-state index in [4.69, 9.17) is 9.84 Å². The third-order valence-electron chi connectivity index (χ3n) is 4.48. The zero-order valence-corrected chi connectivity index (χ0v) is 15.7. The number of anilines is 2. The summed E-state index contributed by atoms with van der Waals surface area (Å²) in [5.41, 5.74) is 1.37. The number of hydrogen-bond donors (Lipinski definition) is 2. The molecular formula is C17H21N3O6S. The summed E-state index contributed by atoms with van der Waals surface area (Å²) >= 11 is 0. The van der Waals surface area contributed by atoms with E-state index in [1.165, 1.54) is 16.3 Å². The smallest absolute Gasteiger partial charge is 0.337 e. The van der Waals surface area contributed by atoms with Gasteiger partial charge in [0.05, 0.1) is 37.3 Å². The minimum absolute atomic E-state index is 0.0541. The van der Waals surface area contributed by atoms with Crippen molar-refractivity contribution in [3.05, 3.63) is 35.5 Å². The predicted molar refractivity (Wildman–Crippen MR) is 98.5 cm³/mol. The molecule has 0 unspecified atom stereocenters. The maximum absolute atomic E-state index is 12.5. The molecule has 1 aromatic rings. The van der Waals surface area contributed by atoms with Gasteiger partial charge in [-0.05, 0) is 30.7 Å². The van der Waals surface area contributed by atoms with Gasteiger partial charge >= 0.3 is 5.97 Å². The van der Waals surface area contributed by atoms with Crippen LogP contribution in [-0.4, -0.2) is 69.4 Å². The first kappa shape index (κ1) is 19.2. The molecule has 0 aliphatic carbocycles. The normalized spacial score (nSPS) is 19.0. The number of aliphatic hydroxyl groups is 1. The number of esters is 1. The van der Waals surface area contributed by atoms with E-state index in [1.807, 2.05) is 0 Å². The largest absolute Gasteiger partial charge is 0.466 e. The topological polar surface area (TPSA) is 116 Å². The lowest BCUT2D eigenvalue weighted by molar-refractivity contribution is -0.136. The van der Waals surface area contributed by atoms with Crippen molar-refractivity contribution in [1.29, 1.82) is 0 Å². The number of carbonyl (C=O) groups excluding carboxylic acids is 2. The molecule has 1 aromatic carbocycles. The molecule has 1 amide bonds. The molecule has 2 N–H and O–H groups in total. The Hall–Kier alpha value is -2.59. The van der Waals surface area contributed by atoms with Crippen LogP contribution in [0, 0.1) is 0 Å². The van der Waals surface area contributed by atoms with Crippen molar-refractivity contribution in [2.24, 2.45) is 0 Å². The number of rotatable bonds is 6. The molecule has 0 spiro atoms. The Balaban J connectivity index is 1.82. The van der Waals surface area contributed by atoms with Crippen molar-refractivity contribution in [2.45, 2.75) is 6.42 Å². The van der Waals surface area contributed by atoms with Crippen molar-refractivity contribution in [3.63, 3.8) is 0 Å². The maximum atomic E-state index is 12.5. The van der Waals surface area contributed by atoms with Crippen LogP contribution in [-0.2, 0) is 24.3 Å². The Kier molecular flexibility index (Phi) is 5.38. The van der Waals surface area contributed by atoms with Crippen molar-refractivity contribution in [2.75, 3.05) is 48.7 Å². The molecule has 0 aromatic heterocycles. The maximum Gasteiger partial charge on any atom is 0.337 e. The van der Waals surface area contributed by atoms with Crippen LogP contribution in [0.5, 0.6) is 0 Å². The highest BCUT2D eigenvalue weighted by molar-refractivity contribution is 7.93. The lowest BCUT2D eigenvalue weighted by Gasteiger charge is -2.18. The Morgan fingerprint density at radius 3 is 2.56 bits per heavy atom. The van der Waals surface area contributed by atoms with Gasteiger partial charge < -0.3 is 20.1 Å². The summed E-state index contributed by atoms with van der Waals surface area (Å²) in [6.45, 7) is 0.391. The van der Waals surface area contributed by atoms with Gasteiger partial charge in [0.1, 0.15) is 5.70 Å². The van der Waals surface area contributed by atoms with Crippen LogP contribution in [0.4, 0.5) is 11.4 Å². The third kappa shape index (κ3) is 3.76. The molecule has 2 aliphatic rings. The number of benzene rings is 1. The first-order chi connectivity index (χ1) is 12.9. The average Bonchev–Trinajstić information content (AvgIpc) is 3.16. The number of β-amino-alcohol motifs (C(OH)–C–C–N with tert-alkyl or cyclic N) is 1. The van der Waals surface area contributed by atoms with Crippen LogP contribution in [0.2, 0.25) is 0 Å². The number of nitrogens with one attached hydrogen (secondary N) is 1. The molecular weight excluding hydrogens is 374 g/mol. The van der Waals surface area contributed by atoms with E-state index in [2.05, 4.69) is 5.32 Å². The minimum atomic E-state index is -3.26. The number of amides is 1. The summed E-state index contributed by atoms with van der Waals surface area (Å²) in [4.78, 5) is 25.8. The number of nitrogens with zero attached hydrogens (tertiary/aromatic N) is 2. The molecule has 0 radical (unpaired) electrons. The highest BCUT2D eigenvalue weighted by atomic mass is 32.2. The molecule has 1 saturated heterocycles. The quantitative estimate of drug-likeness (QED) is 0.646. The Morgan fingerprint density at radius 2 is 2.00 bits per heavy atom. The second-order valence-corrected chi connectivity index (χ2v) is 8.22. The monoisotopic (exact) mass is 395 g/mol. The Bertz CT molecular complexity index is 878. The molecule has 27 heavy (non-hydrogen) atoms. The fraction of sp³-hybridized carbons (Fsp3) is 0.412. The van der Waals surface area contributed by atoms with Crippen LogP contribution in [0.3, 0.4) is 0 Å². The molecule has 146 valence electrons. The summed E-state index contributed by atoms with van der Waals surface area (Å²) in [6, 6.07) is 6.59. The van der Waals surface area contributed by atoms with Crippen LogP contribution < -0.4 is 9.62 Å². The van der Waals surface area contributed by atoms with Crippen molar-refractivity contribution in [1.82, 2.24) is 4.90 Å². The van der Waals surface area contributed by atoms with E-state index >= 15 is 0 Å². The zero-order valence-electron chi connectivity index (χ0n) is 14.8. The van der Waals surface area contributed by atoms with Crippen LogP contribution in [0.15, 0.2) is 35.5 Å². The van der Waals surface area contributed by atoms with Gasteiger partial charge in [0.2, 0.25) is 10.0 Å². The molecule has 9 nitrogen and oxygen atoms in total. The van der Waals surface area contributed by atoms with Gasteiger partial charge in [0, 0.05) is 18.8 Å². The zero-order chi connectivity index (χ0) is 19.6. The number of hydrogen-bond acceptors (Lipinski definition) is 7. The van der Waals surface area contributed by atoms with Gasteiger partial charge in [-0.25, -0.2) is 13.2 Å². The van der Waals surface area contributed by atoms with Crippen molar-refractivity contribution >= 4 is 33.3 Å². The van der Waals surface area contributed by atoms with Gasteiger partial charge in [-0.15, -0.1) is 0 Å². The molecule has 0 atom stereocenters. The number of carbonyl (C=O) groups is 2. The summed E-state index contributed by atoms with van der Waals surface area (Å²) in [7, 11) is -2.03. The van der Waals surface area contributed by atoms with Crippen LogP contribution >= 0.6 is 0 Å². The molecule has 2 heterocycles. The molecule has 10 heteroatoms. The van der Waals surface area contributed by atoms with Crippen LogP contribution in [0.25, 0.3) is 0 Å². The Morgan fingerprint density at radius 1 is 1.30 bits per heavy atom. The average molecular weight is 395 g/mol. The SMILES string of the molecule is COC(=O)C1=C(Nc2ccc(N3CCCS3(=O)=O)cc2)C(=O)N(CCO)C1. The number of aliphatic hydroxyl groups excluding tert-OH is 1. The van der Waals surface area contributed by atoms with Gasteiger partial charge in [-0.1, -0.05) is 0 Å². The number of sulfonamides is 1.